The Hall–Kier alpha value is -7.12. The van der Waals surface area contributed by atoms with Gasteiger partial charge in [0.1, 0.15) is 5.76 Å². The van der Waals surface area contributed by atoms with Crippen LogP contribution in [0, 0.1) is 0 Å². The summed E-state index contributed by atoms with van der Waals surface area (Å²) in [7, 11) is 0. The molecule has 2 aliphatic heterocycles. The molecule has 5 aromatic carbocycles. The quantitative estimate of drug-likeness (QED) is 0.167. The monoisotopic (exact) mass is 701 g/mol. The SMILES string of the molecule is C1=CCC2=C(/C=C\C1)Oc1ccccc1N2C1=CCC=C(c2nnc(-c3ccc(N4c5ccccc5Oc5ccccc54)cc3)n2-c2ccccc2)C=C1. The maximum absolute atomic E-state index is 6.42. The van der Waals surface area contributed by atoms with Gasteiger partial charge < -0.3 is 19.3 Å². The Bertz CT molecular complexity index is 2550. The summed E-state index contributed by atoms with van der Waals surface area (Å²) in [5.74, 6) is 4.92. The third kappa shape index (κ3) is 5.54. The summed E-state index contributed by atoms with van der Waals surface area (Å²) in [6.45, 7) is 0. The normalized spacial score (nSPS) is 16.3. The van der Waals surface area contributed by atoms with Gasteiger partial charge in [-0.25, -0.2) is 0 Å². The minimum Gasteiger partial charge on any atom is -0.453 e. The highest BCUT2D eigenvalue weighted by Crippen LogP contribution is 2.50. The molecule has 0 fully saturated rings. The van der Waals surface area contributed by atoms with Crippen molar-refractivity contribution in [2.75, 3.05) is 9.80 Å². The first-order valence-corrected chi connectivity index (χ1v) is 18.3. The largest absolute Gasteiger partial charge is 0.453 e. The number of hydrogen-bond donors (Lipinski definition) is 0. The highest BCUT2D eigenvalue weighted by atomic mass is 16.5. The zero-order valence-electron chi connectivity index (χ0n) is 29.4. The fourth-order valence-corrected chi connectivity index (χ4v) is 7.49. The van der Waals surface area contributed by atoms with E-state index < -0.39 is 0 Å². The van der Waals surface area contributed by atoms with Crippen LogP contribution in [-0.2, 0) is 0 Å². The minimum atomic E-state index is 0.722. The Morgan fingerprint density at radius 1 is 0.481 bits per heavy atom. The molecule has 4 aliphatic rings. The smallest absolute Gasteiger partial charge is 0.168 e. The molecule has 10 rings (SSSR count). The Morgan fingerprint density at radius 2 is 1.13 bits per heavy atom. The first kappa shape index (κ1) is 31.6. The molecule has 3 heterocycles. The van der Waals surface area contributed by atoms with E-state index in [9.17, 15) is 0 Å². The molecular formula is C47H35N5O2. The number of allylic oxidation sites excluding steroid dienone is 9. The Balaban J connectivity index is 1.01. The summed E-state index contributed by atoms with van der Waals surface area (Å²) in [5, 5.41) is 9.68. The van der Waals surface area contributed by atoms with Crippen molar-refractivity contribution < 1.29 is 9.47 Å². The summed E-state index contributed by atoms with van der Waals surface area (Å²) < 4.78 is 14.8. The topological polar surface area (TPSA) is 55.6 Å². The predicted octanol–water partition coefficient (Wildman–Crippen LogP) is 11.8. The molecule has 0 atom stereocenters. The van der Waals surface area contributed by atoms with Crippen molar-refractivity contribution in [1.29, 1.82) is 0 Å². The number of anilines is 4. The van der Waals surface area contributed by atoms with Gasteiger partial charge in [0.2, 0.25) is 0 Å². The number of fused-ring (bicyclic) bond motifs is 3. The van der Waals surface area contributed by atoms with Gasteiger partial charge in [0.05, 0.1) is 22.8 Å². The molecule has 0 saturated heterocycles. The lowest BCUT2D eigenvalue weighted by Crippen LogP contribution is -2.27. The van der Waals surface area contributed by atoms with Crippen molar-refractivity contribution in [3.8, 4) is 34.3 Å². The standard InChI is InChI=1S/C47H35N5O2/c1-2-7-23-42-38(19-6-1)50(39-20-8-11-24-43(39)53-42)36-18-14-15-33(27-30-36)46-48-49-47(52(46)35-16-4-3-5-17-35)34-28-31-37(32-29-34)51-40-21-9-12-25-44(40)54-45-26-13-10-22-41(45)51/h1,3-13,15-18,20-32H,2,14,19H2/b6-1?,23-7-. The summed E-state index contributed by atoms with van der Waals surface area (Å²) in [6, 6.07) is 43.4. The molecule has 0 bridgehead atoms. The number of rotatable bonds is 5. The molecule has 0 amide bonds. The molecule has 0 spiro atoms. The molecule has 1 aromatic heterocycles. The first-order chi connectivity index (χ1) is 26.8. The van der Waals surface area contributed by atoms with Crippen LogP contribution in [0.2, 0.25) is 0 Å². The van der Waals surface area contributed by atoms with Crippen LogP contribution in [0.4, 0.5) is 22.7 Å². The van der Waals surface area contributed by atoms with E-state index in [0.29, 0.717) is 0 Å². The van der Waals surface area contributed by atoms with E-state index in [1.54, 1.807) is 0 Å². The van der Waals surface area contributed by atoms with Crippen molar-refractivity contribution in [1.82, 2.24) is 14.8 Å². The van der Waals surface area contributed by atoms with Crippen LogP contribution < -0.4 is 19.3 Å². The number of aromatic nitrogens is 3. The second kappa shape index (κ2) is 13.5. The zero-order chi connectivity index (χ0) is 35.8. The Morgan fingerprint density at radius 3 is 1.87 bits per heavy atom. The number of benzene rings is 5. The van der Waals surface area contributed by atoms with E-state index in [2.05, 4.69) is 136 Å². The molecule has 0 saturated carbocycles. The van der Waals surface area contributed by atoms with Crippen LogP contribution in [0.1, 0.15) is 25.1 Å². The lowest BCUT2D eigenvalue weighted by Gasteiger charge is -2.35. The van der Waals surface area contributed by atoms with Crippen LogP contribution in [0.3, 0.4) is 0 Å². The average molecular weight is 702 g/mol. The van der Waals surface area contributed by atoms with E-state index in [4.69, 9.17) is 19.7 Å². The summed E-state index contributed by atoms with van der Waals surface area (Å²) in [6.07, 6.45) is 19.9. The molecule has 260 valence electrons. The maximum Gasteiger partial charge on any atom is 0.168 e. The predicted molar refractivity (Wildman–Crippen MR) is 215 cm³/mol. The number of hydrogen-bond acceptors (Lipinski definition) is 6. The van der Waals surface area contributed by atoms with Gasteiger partial charge in [-0.2, -0.15) is 0 Å². The zero-order valence-corrected chi connectivity index (χ0v) is 29.4. The van der Waals surface area contributed by atoms with Crippen LogP contribution >= 0.6 is 0 Å². The fourth-order valence-electron chi connectivity index (χ4n) is 7.49. The van der Waals surface area contributed by atoms with Crippen LogP contribution in [0.5, 0.6) is 17.2 Å². The Kier molecular flexibility index (Phi) is 7.87. The number of para-hydroxylation sites is 7. The van der Waals surface area contributed by atoms with Gasteiger partial charge in [0, 0.05) is 34.6 Å². The molecular weight excluding hydrogens is 667 g/mol. The molecule has 7 heteroatoms. The van der Waals surface area contributed by atoms with E-state index in [1.165, 1.54) is 0 Å². The third-order valence-corrected chi connectivity index (χ3v) is 10.0. The number of ether oxygens (including phenoxy) is 2. The van der Waals surface area contributed by atoms with Gasteiger partial charge in [0.15, 0.2) is 28.9 Å². The Labute approximate surface area is 314 Å². The molecule has 0 radical (unpaired) electrons. The summed E-state index contributed by atoms with van der Waals surface area (Å²) in [4.78, 5) is 4.58. The third-order valence-electron chi connectivity index (χ3n) is 10.0. The van der Waals surface area contributed by atoms with Crippen molar-refractivity contribution in [2.24, 2.45) is 0 Å². The molecule has 7 nitrogen and oxygen atoms in total. The minimum absolute atomic E-state index is 0.722. The summed E-state index contributed by atoms with van der Waals surface area (Å²) >= 11 is 0. The second-order valence-corrected chi connectivity index (χ2v) is 13.3. The van der Waals surface area contributed by atoms with Gasteiger partial charge in [0.25, 0.3) is 0 Å². The van der Waals surface area contributed by atoms with E-state index >= 15 is 0 Å². The van der Waals surface area contributed by atoms with Gasteiger partial charge in [-0.3, -0.25) is 4.57 Å². The van der Waals surface area contributed by atoms with Crippen molar-refractivity contribution in [3.63, 3.8) is 0 Å². The van der Waals surface area contributed by atoms with Gasteiger partial charge in [-0.1, -0.05) is 85.0 Å². The highest BCUT2D eigenvalue weighted by molar-refractivity contribution is 5.87. The lowest BCUT2D eigenvalue weighted by molar-refractivity contribution is 0.425. The van der Waals surface area contributed by atoms with Gasteiger partial charge in [-0.05, 0) is 104 Å². The summed E-state index contributed by atoms with van der Waals surface area (Å²) in [5.41, 5.74) is 9.19. The van der Waals surface area contributed by atoms with Crippen molar-refractivity contribution >= 4 is 28.3 Å². The highest BCUT2D eigenvalue weighted by Gasteiger charge is 2.29. The average Bonchev–Trinajstić information content (AvgIpc) is 3.51. The number of nitrogens with zero attached hydrogens (tertiary/aromatic N) is 5. The lowest BCUT2D eigenvalue weighted by atomic mass is 10.1. The van der Waals surface area contributed by atoms with Crippen LogP contribution in [0.25, 0.3) is 22.6 Å². The first-order valence-electron chi connectivity index (χ1n) is 18.3. The molecule has 6 aromatic rings. The maximum atomic E-state index is 6.42. The van der Waals surface area contributed by atoms with Gasteiger partial charge in [-0.15, -0.1) is 10.2 Å². The molecule has 54 heavy (non-hydrogen) atoms. The van der Waals surface area contributed by atoms with Crippen LogP contribution in [-0.4, -0.2) is 14.8 Å². The van der Waals surface area contributed by atoms with Crippen molar-refractivity contribution in [3.05, 3.63) is 199 Å². The van der Waals surface area contributed by atoms with E-state index in [-0.39, 0.29) is 0 Å². The van der Waals surface area contributed by atoms with E-state index in [1.807, 2.05) is 54.6 Å². The van der Waals surface area contributed by atoms with Gasteiger partial charge >= 0.3 is 0 Å². The van der Waals surface area contributed by atoms with E-state index in [0.717, 1.165) is 105 Å². The van der Waals surface area contributed by atoms with Crippen molar-refractivity contribution in [2.45, 2.75) is 19.3 Å². The molecule has 0 unspecified atom stereocenters. The fraction of sp³-hybridized carbons (Fsp3) is 0.0638. The molecule has 0 N–H and O–H groups in total. The molecule has 2 aliphatic carbocycles. The second-order valence-electron chi connectivity index (χ2n) is 13.3. The van der Waals surface area contributed by atoms with Crippen LogP contribution in [0.15, 0.2) is 193 Å².